The van der Waals surface area contributed by atoms with Gasteiger partial charge in [-0.05, 0) is 18.2 Å². The van der Waals surface area contributed by atoms with Crippen LogP contribution in [-0.2, 0) is 6.54 Å². The first-order chi connectivity index (χ1) is 7.25. The molecule has 0 atom stereocenters. The number of nitrogen functional groups attached to an aromatic ring is 1. The van der Waals surface area contributed by atoms with Crippen molar-refractivity contribution in [3.05, 3.63) is 41.5 Å². The molecule has 0 aliphatic heterocycles. The molecule has 0 spiro atoms. The fourth-order valence-corrected chi connectivity index (χ4v) is 1.14. The summed E-state index contributed by atoms with van der Waals surface area (Å²) in [6.45, 7) is 0.431. The third kappa shape index (κ3) is 2.16. The molecule has 78 valence electrons. The lowest BCUT2D eigenvalue weighted by Crippen LogP contribution is -2.35. The van der Waals surface area contributed by atoms with Crippen molar-refractivity contribution in [2.75, 3.05) is 11.1 Å². The highest BCUT2D eigenvalue weighted by Crippen LogP contribution is 2.05. The quantitative estimate of drug-likeness (QED) is 0.563. The molecule has 0 aromatic carbocycles. The van der Waals surface area contributed by atoms with Crippen LogP contribution < -0.4 is 15.9 Å². The maximum Gasteiger partial charge on any atom is 0.299 e. The van der Waals surface area contributed by atoms with Gasteiger partial charge < -0.3 is 15.4 Å². The van der Waals surface area contributed by atoms with Crippen LogP contribution in [0.2, 0.25) is 0 Å². The summed E-state index contributed by atoms with van der Waals surface area (Å²) in [6, 6.07) is 6.72. The number of furan rings is 1. The molecule has 2 rings (SSSR count). The second-order valence-corrected chi connectivity index (χ2v) is 2.95. The summed E-state index contributed by atoms with van der Waals surface area (Å²) in [5.41, 5.74) is 5.34. The van der Waals surface area contributed by atoms with Crippen LogP contribution in [0.15, 0.2) is 34.9 Å². The molecule has 0 unspecified atom stereocenters. The third-order valence-electron chi connectivity index (χ3n) is 1.85. The van der Waals surface area contributed by atoms with Gasteiger partial charge in [0.15, 0.2) is 5.82 Å². The van der Waals surface area contributed by atoms with E-state index in [2.05, 4.69) is 10.4 Å². The Kier molecular flexibility index (Phi) is 2.40. The largest absolute Gasteiger partial charge is 0.691 e. The molecule has 0 saturated heterocycles. The van der Waals surface area contributed by atoms with Crippen molar-refractivity contribution in [2.45, 2.75) is 6.54 Å². The van der Waals surface area contributed by atoms with Gasteiger partial charge in [-0.3, -0.25) is 5.32 Å². The van der Waals surface area contributed by atoms with Crippen molar-refractivity contribution in [1.82, 2.24) is 5.10 Å². The minimum absolute atomic E-state index is 0.188. The molecule has 2 aromatic rings. The molecule has 3 N–H and O–H groups in total. The summed E-state index contributed by atoms with van der Waals surface area (Å²) < 4.78 is 5.10. The number of hydrogen-bond donors (Lipinski definition) is 2. The van der Waals surface area contributed by atoms with Gasteiger partial charge in [-0.2, -0.15) is 0 Å². The number of nitrogens with one attached hydrogen (secondary N) is 1. The normalized spacial score (nSPS) is 10.1. The Morgan fingerprint density at radius 1 is 1.47 bits per heavy atom. The average molecular weight is 206 g/mol. The zero-order chi connectivity index (χ0) is 10.7. The van der Waals surface area contributed by atoms with Crippen molar-refractivity contribution in [2.24, 2.45) is 0 Å². The summed E-state index contributed by atoms with van der Waals surface area (Å²) in [5, 5.41) is 17.6. The van der Waals surface area contributed by atoms with Crippen LogP contribution in [-0.4, -0.2) is 5.10 Å². The highest BCUT2D eigenvalue weighted by molar-refractivity contribution is 5.34. The van der Waals surface area contributed by atoms with Gasteiger partial charge in [0.25, 0.3) is 5.82 Å². The molecule has 2 aromatic heterocycles. The van der Waals surface area contributed by atoms with Gasteiger partial charge in [0.05, 0.1) is 6.26 Å². The molecular formula is C9H10N4O2. The predicted octanol–water partition coefficient (Wildman–Crippen LogP) is 0.502. The predicted molar refractivity (Wildman–Crippen MR) is 53.6 cm³/mol. The van der Waals surface area contributed by atoms with Crippen molar-refractivity contribution < 1.29 is 9.26 Å². The van der Waals surface area contributed by atoms with Gasteiger partial charge in [0.1, 0.15) is 12.3 Å². The summed E-state index contributed by atoms with van der Waals surface area (Å²) in [5.74, 6) is 1.26. The van der Waals surface area contributed by atoms with Crippen LogP contribution in [0.3, 0.4) is 0 Å². The van der Waals surface area contributed by atoms with Gasteiger partial charge in [-0.15, -0.1) is 4.85 Å². The summed E-state index contributed by atoms with van der Waals surface area (Å²) in [4.78, 5) is 0.443. The smallest absolute Gasteiger partial charge is 0.299 e. The van der Waals surface area contributed by atoms with Crippen molar-refractivity contribution in [1.29, 1.82) is 0 Å². The van der Waals surface area contributed by atoms with E-state index >= 15 is 0 Å². The molecule has 0 fully saturated rings. The number of rotatable bonds is 3. The Balaban J connectivity index is 2.05. The van der Waals surface area contributed by atoms with E-state index in [4.69, 9.17) is 10.2 Å². The van der Waals surface area contributed by atoms with Crippen molar-refractivity contribution >= 4 is 11.6 Å². The number of anilines is 2. The molecule has 6 nitrogen and oxygen atoms in total. The Labute approximate surface area is 85.9 Å². The molecule has 0 amide bonds. The molecule has 0 bridgehead atoms. The highest BCUT2D eigenvalue weighted by atomic mass is 16.5. The molecule has 0 aliphatic rings. The standard InChI is InChI=1S/C9H10N4O2/c10-8-3-4-9(13(14)12-8)11-6-7-2-1-5-15-7/h1-5,11H,6H2,(H2,10,12). The Morgan fingerprint density at radius 2 is 2.33 bits per heavy atom. The van der Waals surface area contributed by atoms with Gasteiger partial charge in [-0.25, -0.2) is 0 Å². The van der Waals surface area contributed by atoms with Crippen LogP contribution in [0.25, 0.3) is 0 Å². The monoisotopic (exact) mass is 206 g/mol. The Bertz CT molecular complexity index is 441. The van der Waals surface area contributed by atoms with Gasteiger partial charge in [0.2, 0.25) is 0 Å². The molecule has 6 heteroatoms. The Hall–Kier alpha value is -2.24. The topological polar surface area (TPSA) is 91.0 Å². The highest BCUT2D eigenvalue weighted by Gasteiger charge is 2.06. The molecule has 0 aliphatic carbocycles. The maximum atomic E-state index is 11.2. The van der Waals surface area contributed by atoms with E-state index in [1.165, 1.54) is 0 Å². The van der Waals surface area contributed by atoms with Crippen LogP contribution in [0.1, 0.15) is 5.76 Å². The van der Waals surface area contributed by atoms with E-state index in [0.29, 0.717) is 17.2 Å². The van der Waals surface area contributed by atoms with Crippen molar-refractivity contribution in [3.8, 4) is 0 Å². The second kappa shape index (κ2) is 3.87. The molecular weight excluding hydrogens is 196 g/mol. The molecule has 15 heavy (non-hydrogen) atoms. The zero-order valence-corrected chi connectivity index (χ0v) is 7.88. The van der Waals surface area contributed by atoms with Crippen LogP contribution in [0, 0.1) is 5.21 Å². The SMILES string of the molecule is Nc1ccc(NCc2ccco2)[n+]([O-])n1. The summed E-state index contributed by atoms with van der Waals surface area (Å²) in [7, 11) is 0. The number of hydrogen-bond acceptors (Lipinski definition) is 5. The summed E-state index contributed by atoms with van der Waals surface area (Å²) in [6.07, 6.45) is 1.57. The fourth-order valence-electron chi connectivity index (χ4n) is 1.14. The second-order valence-electron chi connectivity index (χ2n) is 2.95. The first kappa shape index (κ1) is 9.32. The Morgan fingerprint density at radius 3 is 3.00 bits per heavy atom. The fraction of sp³-hybridized carbons (Fsp3) is 0.111. The van der Waals surface area contributed by atoms with E-state index in [1.807, 2.05) is 6.07 Å². The number of aromatic nitrogens is 2. The van der Waals surface area contributed by atoms with Gasteiger partial charge >= 0.3 is 0 Å². The van der Waals surface area contributed by atoms with E-state index in [9.17, 15) is 5.21 Å². The number of nitrogens with two attached hydrogens (primary N) is 1. The minimum atomic E-state index is 0.188. The van der Waals surface area contributed by atoms with Crippen LogP contribution >= 0.6 is 0 Å². The molecule has 2 heterocycles. The van der Waals surface area contributed by atoms with E-state index in [0.717, 1.165) is 5.76 Å². The van der Waals surface area contributed by atoms with Gasteiger partial charge in [-0.1, -0.05) is 5.10 Å². The van der Waals surface area contributed by atoms with E-state index in [1.54, 1.807) is 24.5 Å². The van der Waals surface area contributed by atoms with Gasteiger partial charge in [0, 0.05) is 6.07 Å². The van der Waals surface area contributed by atoms with E-state index < -0.39 is 0 Å². The molecule has 0 saturated carbocycles. The zero-order valence-electron chi connectivity index (χ0n) is 7.88. The number of nitrogens with zero attached hydrogens (tertiary/aromatic N) is 2. The first-order valence-electron chi connectivity index (χ1n) is 4.38. The van der Waals surface area contributed by atoms with E-state index in [-0.39, 0.29) is 5.82 Å². The lowest BCUT2D eigenvalue weighted by atomic mass is 10.4. The van der Waals surface area contributed by atoms with Crippen LogP contribution in [0.4, 0.5) is 11.6 Å². The third-order valence-corrected chi connectivity index (χ3v) is 1.85. The van der Waals surface area contributed by atoms with Crippen LogP contribution in [0.5, 0.6) is 0 Å². The average Bonchev–Trinajstić information content (AvgIpc) is 2.69. The lowest BCUT2D eigenvalue weighted by Gasteiger charge is -2.05. The first-order valence-corrected chi connectivity index (χ1v) is 4.38. The van der Waals surface area contributed by atoms with Crippen molar-refractivity contribution in [3.63, 3.8) is 0 Å². The lowest BCUT2D eigenvalue weighted by molar-refractivity contribution is -0.653. The molecule has 0 radical (unpaired) electrons. The maximum absolute atomic E-state index is 11.2. The minimum Gasteiger partial charge on any atom is -0.691 e. The summed E-state index contributed by atoms with van der Waals surface area (Å²) >= 11 is 0.